The van der Waals surface area contributed by atoms with Crippen LogP contribution in [0.4, 0.5) is 0 Å². The van der Waals surface area contributed by atoms with Crippen LogP contribution in [0, 0.1) is 0 Å². The molecule has 1 aliphatic carbocycles. The standard InChI is InChI=1S/C8H10Te/c1-2-4-8-7(3-1)5-6-9-8/h5-6H,1-4H2. The van der Waals surface area contributed by atoms with Gasteiger partial charge in [0.05, 0.1) is 0 Å². The van der Waals surface area contributed by atoms with Crippen LogP contribution in [0.1, 0.15) is 22.0 Å². The summed E-state index contributed by atoms with van der Waals surface area (Å²) in [7, 11) is 0. The van der Waals surface area contributed by atoms with Crippen LogP contribution in [0.5, 0.6) is 0 Å². The molecule has 9 heavy (non-hydrogen) atoms. The summed E-state index contributed by atoms with van der Waals surface area (Å²) in [6, 6.07) is 2.37. The number of hydrogen-bond donors (Lipinski definition) is 0. The van der Waals surface area contributed by atoms with Crippen molar-refractivity contribution in [1.29, 1.82) is 0 Å². The van der Waals surface area contributed by atoms with Gasteiger partial charge in [0.1, 0.15) is 0 Å². The van der Waals surface area contributed by atoms with Gasteiger partial charge in [-0.15, -0.1) is 0 Å². The molecular weight excluding hydrogens is 224 g/mol. The Morgan fingerprint density at radius 2 is 2.11 bits per heavy atom. The molecule has 1 aliphatic rings. The van der Waals surface area contributed by atoms with Crippen molar-refractivity contribution in [2.24, 2.45) is 0 Å². The number of hydrogen-bond acceptors (Lipinski definition) is 0. The van der Waals surface area contributed by atoms with Crippen molar-refractivity contribution in [3.63, 3.8) is 0 Å². The SMILES string of the molecule is c1cc2c([te]1)CCCC2. The molecule has 1 aromatic heterocycles. The molecule has 1 aromatic rings. The summed E-state index contributed by atoms with van der Waals surface area (Å²) in [4.78, 5) is 0. The molecule has 1 heterocycles. The molecule has 0 aromatic carbocycles. The molecule has 2 rings (SSSR count). The first-order valence-corrected chi connectivity index (χ1v) is 6.03. The van der Waals surface area contributed by atoms with Gasteiger partial charge < -0.3 is 0 Å². The molecule has 0 atom stereocenters. The third kappa shape index (κ3) is 1.09. The molecule has 48 valence electrons. The van der Waals surface area contributed by atoms with E-state index in [1.807, 2.05) is 3.58 Å². The van der Waals surface area contributed by atoms with Gasteiger partial charge in [0.2, 0.25) is 0 Å². The normalized spacial score (nSPS) is 17.3. The van der Waals surface area contributed by atoms with Crippen LogP contribution in [0.3, 0.4) is 0 Å². The van der Waals surface area contributed by atoms with Gasteiger partial charge in [-0.2, -0.15) is 0 Å². The van der Waals surface area contributed by atoms with Gasteiger partial charge in [-0.25, -0.2) is 0 Å². The summed E-state index contributed by atoms with van der Waals surface area (Å²) in [5.41, 5.74) is 1.71. The molecule has 0 saturated heterocycles. The zero-order chi connectivity index (χ0) is 6.10. The van der Waals surface area contributed by atoms with Gasteiger partial charge in [0.15, 0.2) is 0 Å². The summed E-state index contributed by atoms with van der Waals surface area (Å²) in [6.45, 7) is 0. The zero-order valence-electron chi connectivity index (χ0n) is 5.39. The summed E-state index contributed by atoms with van der Waals surface area (Å²) < 4.78 is 4.28. The van der Waals surface area contributed by atoms with E-state index in [2.05, 4.69) is 10.1 Å². The van der Waals surface area contributed by atoms with Gasteiger partial charge in [-0.3, -0.25) is 0 Å². The van der Waals surface area contributed by atoms with E-state index in [0.717, 1.165) is 0 Å². The number of rotatable bonds is 0. The molecule has 0 aliphatic heterocycles. The average Bonchev–Trinajstić information content (AvgIpc) is 2.33. The fourth-order valence-corrected chi connectivity index (χ4v) is 4.21. The molecule has 0 bridgehead atoms. The van der Waals surface area contributed by atoms with E-state index in [1.54, 1.807) is 5.56 Å². The second-order valence-corrected chi connectivity index (χ2v) is 5.43. The molecule has 0 unspecified atom stereocenters. The quantitative estimate of drug-likeness (QED) is 0.598. The van der Waals surface area contributed by atoms with Gasteiger partial charge in [-0.05, 0) is 0 Å². The molecule has 0 fully saturated rings. The van der Waals surface area contributed by atoms with Crippen molar-refractivity contribution < 1.29 is 0 Å². The predicted octanol–water partition coefficient (Wildman–Crippen LogP) is 1.62. The van der Waals surface area contributed by atoms with Crippen molar-refractivity contribution in [1.82, 2.24) is 0 Å². The maximum absolute atomic E-state index is 2.43. The average molecular weight is 234 g/mol. The first-order chi connectivity index (χ1) is 4.47. The fraction of sp³-hybridized carbons (Fsp3) is 0.500. The van der Waals surface area contributed by atoms with Crippen LogP contribution in [0.15, 0.2) is 10.1 Å². The third-order valence-electron chi connectivity index (χ3n) is 1.94. The Hall–Kier alpha value is 0.270. The Balaban J connectivity index is 2.39. The first-order valence-electron chi connectivity index (χ1n) is 3.52. The molecule has 0 radical (unpaired) electrons. The van der Waals surface area contributed by atoms with Crippen LogP contribution in [0.25, 0.3) is 0 Å². The van der Waals surface area contributed by atoms with Gasteiger partial charge in [0, 0.05) is 0 Å². The molecule has 1 heteroatoms. The van der Waals surface area contributed by atoms with Gasteiger partial charge in [0.25, 0.3) is 0 Å². The third-order valence-corrected chi connectivity index (χ3v) is 4.86. The van der Waals surface area contributed by atoms with Crippen molar-refractivity contribution >= 4 is 20.4 Å². The molecule has 0 spiro atoms. The molecule has 0 saturated carbocycles. The molecule has 0 nitrogen and oxygen atoms in total. The van der Waals surface area contributed by atoms with E-state index >= 15 is 0 Å². The van der Waals surface area contributed by atoms with Crippen LogP contribution in [-0.4, -0.2) is 20.4 Å². The Kier molecular flexibility index (Phi) is 1.66. The second-order valence-electron chi connectivity index (χ2n) is 2.58. The maximum atomic E-state index is 2.43. The minimum atomic E-state index is 0.220. The van der Waals surface area contributed by atoms with Crippen LogP contribution in [0.2, 0.25) is 0 Å². The van der Waals surface area contributed by atoms with Crippen molar-refractivity contribution in [3.8, 4) is 0 Å². The summed E-state index contributed by atoms with van der Waals surface area (Å²) in [6.07, 6.45) is 5.72. The monoisotopic (exact) mass is 236 g/mol. The summed E-state index contributed by atoms with van der Waals surface area (Å²) in [5, 5.41) is 0. The predicted molar refractivity (Wildman–Crippen MR) is 40.0 cm³/mol. The van der Waals surface area contributed by atoms with Crippen molar-refractivity contribution in [2.75, 3.05) is 0 Å². The van der Waals surface area contributed by atoms with Crippen molar-refractivity contribution in [2.45, 2.75) is 25.7 Å². The zero-order valence-corrected chi connectivity index (χ0v) is 7.72. The number of aryl methyl sites for hydroxylation is 2. The number of fused-ring (bicyclic) bond motifs is 1. The van der Waals surface area contributed by atoms with E-state index < -0.39 is 0 Å². The van der Waals surface area contributed by atoms with Gasteiger partial charge in [-0.1, -0.05) is 0 Å². The van der Waals surface area contributed by atoms with Crippen LogP contribution >= 0.6 is 0 Å². The fourth-order valence-electron chi connectivity index (χ4n) is 1.41. The van der Waals surface area contributed by atoms with E-state index in [0.29, 0.717) is 0 Å². The van der Waals surface area contributed by atoms with E-state index in [1.165, 1.54) is 25.7 Å². The van der Waals surface area contributed by atoms with Crippen LogP contribution in [-0.2, 0) is 12.8 Å². The molecule has 0 amide bonds. The first kappa shape index (κ1) is 6.01. The Morgan fingerprint density at radius 3 is 3.00 bits per heavy atom. The minimum absolute atomic E-state index is 0.220. The van der Waals surface area contributed by atoms with Crippen LogP contribution < -0.4 is 0 Å². The Labute approximate surface area is 65.5 Å². The summed E-state index contributed by atoms with van der Waals surface area (Å²) in [5.74, 6) is 0. The topological polar surface area (TPSA) is 0 Å². The van der Waals surface area contributed by atoms with Crippen molar-refractivity contribution in [3.05, 3.63) is 19.3 Å². The second kappa shape index (κ2) is 2.48. The summed E-state index contributed by atoms with van der Waals surface area (Å²) >= 11 is 0.220. The Morgan fingerprint density at radius 1 is 1.22 bits per heavy atom. The van der Waals surface area contributed by atoms with E-state index in [4.69, 9.17) is 0 Å². The van der Waals surface area contributed by atoms with E-state index in [-0.39, 0.29) is 20.4 Å². The molecular formula is C8H10Te. The molecule has 0 N–H and O–H groups in total. The Bertz CT molecular complexity index is 180. The van der Waals surface area contributed by atoms with E-state index in [9.17, 15) is 0 Å². The van der Waals surface area contributed by atoms with Gasteiger partial charge >= 0.3 is 65.4 Å².